The summed E-state index contributed by atoms with van der Waals surface area (Å²) in [6.07, 6.45) is 3.81. The SMILES string of the molecule is CCCCN(C(=O)c1ccc(-n2cnnn2)c(C)c1)C1CCS(=O)(=O)C1. The topological polar surface area (TPSA) is 98.1 Å². The fraction of sp³-hybridized carbons (Fsp3) is 0.529. The van der Waals surface area contributed by atoms with E-state index in [4.69, 9.17) is 0 Å². The third-order valence-corrected chi connectivity index (χ3v) is 6.45. The van der Waals surface area contributed by atoms with Crippen LogP contribution in [0, 0.1) is 6.92 Å². The Labute approximate surface area is 153 Å². The molecule has 1 aliphatic rings. The number of sulfone groups is 1. The number of aromatic nitrogens is 4. The van der Waals surface area contributed by atoms with Crippen LogP contribution in [-0.4, -0.2) is 63.5 Å². The van der Waals surface area contributed by atoms with Gasteiger partial charge in [0.2, 0.25) is 0 Å². The van der Waals surface area contributed by atoms with Crippen molar-refractivity contribution < 1.29 is 13.2 Å². The van der Waals surface area contributed by atoms with Gasteiger partial charge in [-0.15, -0.1) is 5.10 Å². The minimum absolute atomic E-state index is 0.0597. The second-order valence-electron chi connectivity index (χ2n) is 6.66. The lowest BCUT2D eigenvalue weighted by molar-refractivity contribution is 0.0694. The molecule has 0 N–H and O–H groups in total. The van der Waals surface area contributed by atoms with Crippen LogP contribution in [0.15, 0.2) is 24.5 Å². The lowest BCUT2D eigenvalue weighted by Gasteiger charge is -2.28. The van der Waals surface area contributed by atoms with E-state index in [1.807, 2.05) is 19.1 Å². The molecule has 1 saturated heterocycles. The second-order valence-corrected chi connectivity index (χ2v) is 8.89. The number of aryl methyl sites for hydroxylation is 1. The zero-order valence-corrected chi connectivity index (χ0v) is 15.8. The van der Waals surface area contributed by atoms with Crippen LogP contribution in [0.5, 0.6) is 0 Å². The van der Waals surface area contributed by atoms with Gasteiger partial charge in [-0.05, 0) is 54.0 Å². The van der Waals surface area contributed by atoms with E-state index in [0.717, 1.165) is 24.1 Å². The summed E-state index contributed by atoms with van der Waals surface area (Å²) < 4.78 is 25.2. The standard InChI is InChI=1S/C17H23N5O3S/c1-3-4-8-21(15-7-9-26(24,25)11-15)17(23)14-5-6-16(13(2)10-14)22-12-18-19-20-22/h5-6,10,12,15H,3-4,7-9,11H2,1-2H3. The van der Waals surface area contributed by atoms with Gasteiger partial charge in [-0.1, -0.05) is 13.3 Å². The maximum absolute atomic E-state index is 13.1. The molecule has 1 unspecified atom stereocenters. The van der Waals surface area contributed by atoms with Crippen LogP contribution in [0.25, 0.3) is 5.69 Å². The fourth-order valence-electron chi connectivity index (χ4n) is 3.28. The summed E-state index contributed by atoms with van der Waals surface area (Å²) in [6, 6.07) is 5.12. The fourth-order valence-corrected chi connectivity index (χ4v) is 5.01. The van der Waals surface area contributed by atoms with Crippen LogP contribution in [0.2, 0.25) is 0 Å². The summed E-state index contributed by atoms with van der Waals surface area (Å²) in [7, 11) is -3.05. The number of rotatable bonds is 6. The Kier molecular flexibility index (Phi) is 5.36. The Morgan fingerprint density at radius 1 is 1.38 bits per heavy atom. The average molecular weight is 377 g/mol. The summed E-state index contributed by atoms with van der Waals surface area (Å²) in [5, 5.41) is 11.1. The first-order valence-electron chi connectivity index (χ1n) is 8.76. The van der Waals surface area contributed by atoms with E-state index in [0.29, 0.717) is 18.5 Å². The average Bonchev–Trinajstić information content (AvgIpc) is 3.24. The highest BCUT2D eigenvalue weighted by Crippen LogP contribution is 2.22. The first-order valence-corrected chi connectivity index (χ1v) is 10.6. The lowest BCUT2D eigenvalue weighted by Crippen LogP contribution is -2.41. The van der Waals surface area contributed by atoms with Crippen molar-refractivity contribution in [2.24, 2.45) is 0 Å². The molecule has 140 valence electrons. The number of hydrogen-bond donors (Lipinski definition) is 0. The molecule has 2 aromatic rings. The van der Waals surface area contributed by atoms with E-state index >= 15 is 0 Å². The van der Waals surface area contributed by atoms with Crippen molar-refractivity contribution in [1.29, 1.82) is 0 Å². The third-order valence-electron chi connectivity index (χ3n) is 4.70. The highest BCUT2D eigenvalue weighted by atomic mass is 32.2. The van der Waals surface area contributed by atoms with Crippen LogP contribution in [0.3, 0.4) is 0 Å². The molecule has 0 saturated carbocycles. The molecule has 0 aliphatic carbocycles. The van der Waals surface area contributed by atoms with Gasteiger partial charge >= 0.3 is 0 Å². The molecule has 8 nitrogen and oxygen atoms in total. The highest BCUT2D eigenvalue weighted by molar-refractivity contribution is 7.91. The predicted octanol–water partition coefficient (Wildman–Crippen LogP) is 1.40. The molecule has 1 aromatic heterocycles. The van der Waals surface area contributed by atoms with Crippen molar-refractivity contribution in [3.8, 4) is 5.69 Å². The van der Waals surface area contributed by atoms with Crippen LogP contribution in [0.1, 0.15) is 42.1 Å². The monoisotopic (exact) mass is 377 g/mol. The van der Waals surface area contributed by atoms with Crippen molar-refractivity contribution in [2.75, 3.05) is 18.1 Å². The number of amides is 1. The Hall–Kier alpha value is -2.29. The molecule has 1 atom stereocenters. The van der Waals surface area contributed by atoms with Gasteiger partial charge in [-0.3, -0.25) is 4.79 Å². The zero-order chi connectivity index (χ0) is 18.7. The van der Waals surface area contributed by atoms with Gasteiger partial charge in [-0.25, -0.2) is 13.1 Å². The molecule has 0 radical (unpaired) electrons. The Morgan fingerprint density at radius 2 is 2.19 bits per heavy atom. The van der Waals surface area contributed by atoms with Crippen LogP contribution in [0.4, 0.5) is 0 Å². The van der Waals surface area contributed by atoms with Crippen LogP contribution in [-0.2, 0) is 9.84 Å². The number of tetrazole rings is 1. The minimum atomic E-state index is -3.05. The number of nitrogens with zero attached hydrogens (tertiary/aromatic N) is 5. The summed E-state index contributed by atoms with van der Waals surface area (Å²) in [4.78, 5) is 14.8. The molecule has 1 aromatic carbocycles. The minimum Gasteiger partial charge on any atom is -0.335 e. The zero-order valence-electron chi connectivity index (χ0n) is 15.0. The maximum atomic E-state index is 13.1. The van der Waals surface area contributed by atoms with E-state index in [1.165, 1.54) is 6.33 Å². The number of benzene rings is 1. The smallest absolute Gasteiger partial charge is 0.254 e. The van der Waals surface area contributed by atoms with Gasteiger partial charge in [-0.2, -0.15) is 0 Å². The van der Waals surface area contributed by atoms with Crippen molar-refractivity contribution >= 4 is 15.7 Å². The number of hydrogen-bond acceptors (Lipinski definition) is 6. The van der Waals surface area contributed by atoms with Gasteiger partial charge in [0, 0.05) is 18.2 Å². The van der Waals surface area contributed by atoms with E-state index < -0.39 is 9.84 Å². The van der Waals surface area contributed by atoms with E-state index in [9.17, 15) is 13.2 Å². The first-order chi connectivity index (χ1) is 12.4. The molecule has 1 aliphatic heterocycles. The Bertz CT molecular complexity index is 880. The van der Waals surface area contributed by atoms with Gasteiger partial charge in [0.05, 0.1) is 17.2 Å². The molecule has 1 amide bonds. The van der Waals surface area contributed by atoms with Crippen LogP contribution >= 0.6 is 0 Å². The molecular formula is C17H23N5O3S. The second kappa shape index (κ2) is 7.53. The van der Waals surface area contributed by atoms with E-state index in [2.05, 4.69) is 22.4 Å². The van der Waals surface area contributed by atoms with Crippen molar-refractivity contribution in [1.82, 2.24) is 25.1 Å². The summed E-state index contributed by atoms with van der Waals surface area (Å²) >= 11 is 0. The van der Waals surface area contributed by atoms with Gasteiger partial charge in [0.25, 0.3) is 5.91 Å². The number of unbranched alkanes of at least 4 members (excludes halogenated alkanes) is 1. The quantitative estimate of drug-likeness (QED) is 0.755. The van der Waals surface area contributed by atoms with Crippen molar-refractivity contribution in [3.63, 3.8) is 0 Å². The summed E-state index contributed by atoms with van der Waals surface area (Å²) in [5.74, 6) is 0.0986. The van der Waals surface area contributed by atoms with E-state index in [-0.39, 0.29) is 23.5 Å². The maximum Gasteiger partial charge on any atom is 0.254 e. The van der Waals surface area contributed by atoms with Crippen molar-refractivity contribution in [2.45, 2.75) is 39.2 Å². The largest absolute Gasteiger partial charge is 0.335 e. The molecule has 3 rings (SSSR count). The van der Waals surface area contributed by atoms with Gasteiger partial charge in [0.15, 0.2) is 9.84 Å². The highest BCUT2D eigenvalue weighted by Gasteiger charge is 2.34. The molecule has 0 spiro atoms. The summed E-state index contributed by atoms with van der Waals surface area (Å²) in [5.41, 5.74) is 2.23. The van der Waals surface area contributed by atoms with Crippen LogP contribution < -0.4 is 0 Å². The lowest BCUT2D eigenvalue weighted by atomic mass is 10.1. The molecule has 0 bridgehead atoms. The van der Waals surface area contributed by atoms with Gasteiger partial charge < -0.3 is 4.90 Å². The predicted molar refractivity (Wildman–Crippen MR) is 96.9 cm³/mol. The molecule has 2 heterocycles. The number of carbonyl (C=O) groups is 1. The van der Waals surface area contributed by atoms with Crippen molar-refractivity contribution in [3.05, 3.63) is 35.7 Å². The van der Waals surface area contributed by atoms with E-state index in [1.54, 1.807) is 15.6 Å². The normalized spacial score (nSPS) is 18.8. The Balaban J connectivity index is 1.85. The van der Waals surface area contributed by atoms with Gasteiger partial charge in [0.1, 0.15) is 6.33 Å². The first kappa shape index (κ1) is 18.5. The Morgan fingerprint density at radius 3 is 2.77 bits per heavy atom. The molecule has 1 fully saturated rings. The number of carbonyl (C=O) groups excluding carboxylic acids is 1. The molecule has 26 heavy (non-hydrogen) atoms. The third kappa shape index (κ3) is 3.92. The summed E-state index contributed by atoms with van der Waals surface area (Å²) in [6.45, 7) is 4.52. The molecular weight excluding hydrogens is 354 g/mol. The molecule has 9 heteroatoms.